The van der Waals surface area contributed by atoms with Crippen molar-refractivity contribution in [2.45, 2.75) is 97.0 Å². The van der Waals surface area contributed by atoms with Crippen molar-refractivity contribution in [3.05, 3.63) is 24.3 Å². The fourth-order valence-corrected chi connectivity index (χ4v) is 5.52. The standard InChI is InChI=1S/C26H38F2O3/c1-2-3-4-5-6-19-7-9-20(10-8-19)21-11-13-22(14-12-21)25(29)30-23-15-17-24(18-16-23)31-26(27)28/h15-22,26H,2-14H2,1H3/t19-,20-,21-,22-. The molecule has 1 aromatic carbocycles. The van der Waals surface area contributed by atoms with Crippen molar-refractivity contribution < 1.29 is 23.0 Å². The molecule has 31 heavy (non-hydrogen) atoms. The Bertz CT molecular complexity index is 645. The highest BCUT2D eigenvalue weighted by Gasteiger charge is 2.33. The molecule has 0 bridgehead atoms. The van der Waals surface area contributed by atoms with E-state index in [1.165, 1.54) is 82.1 Å². The van der Waals surface area contributed by atoms with Crippen molar-refractivity contribution in [3.63, 3.8) is 0 Å². The van der Waals surface area contributed by atoms with Gasteiger partial charge in [-0.05, 0) is 80.5 Å². The van der Waals surface area contributed by atoms with Gasteiger partial charge in [-0.3, -0.25) is 4.79 Å². The van der Waals surface area contributed by atoms with E-state index in [9.17, 15) is 13.6 Å². The van der Waals surface area contributed by atoms with E-state index in [1.807, 2.05) is 0 Å². The van der Waals surface area contributed by atoms with Gasteiger partial charge >= 0.3 is 12.6 Å². The van der Waals surface area contributed by atoms with Crippen molar-refractivity contribution in [2.24, 2.45) is 23.7 Å². The lowest BCUT2D eigenvalue weighted by atomic mass is 9.68. The van der Waals surface area contributed by atoms with E-state index in [0.717, 1.165) is 43.4 Å². The Morgan fingerprint density at radius 1 is 0.871 bits per heavy atom. The molecule has 3 rings (SSSR count). The molecule has 174 valence electrons. The van der Waals surface area contributed by atoms with Crippen molar-refractivity contribution in [2.75, 3.05) is 0 Å². The summed E-state index contributed by atoms with van der Waals surface area (Å²) in [5.41, 5.74) is 0. The molecule has 2 aliphatic rings. The highest BCUT2D eigenvalue weighted by atomic mass is 19.3. The van der Waals surface area contributed by atoms with E-state index in [-0.39, 0.29) is 17.6 Å². The van der Waals surface area contributed by atoms with Gasteiger partial charge in [0.2, 0.25) is 0 Å². The van der Waals surface area contributed by atoms with E-state index in [1.54, 1.807) is 0 Å². The van der Waals surface area contributed by atoms with Gasteiger partial charge in [-0.2, -0.15) is 8.78 Å². The molecule has 0 amide bonds. The number of carbonyl (C=O) groups is 1. The maximum atomic E-state index is 12.5. The number of halogens is 2. The van der Waals surface area contributed by atoms with Crippen molar-refractivity contribution in [3.8, 4) is 11.5 Å². The second-order valence-electron chi connectivity index (χ2n) is 9.51. The van der Waals surface area contributed by atoms with E-state index >= 15 is 0 Å². The van der Waals surface area contributed by atoms with Gasteiger partial charge in [0, 0.05) is 0 Å². The van der Waals surface area contributed by atoms with Gasteiger partial charge < -0.3 is 9.47 Å². The summed E-state index contributed by atoms with van der Waals surface area (Å²) in [6.07, 6.45) is 16.4. The van der Waals surface area contributed by atoms with Crippen LogP contribution in [-0.2, 0) is 4.79 Å². The number of unbranched alkanes of at least 4 members (excludes halogenated alkanes) is 3. The average Bonchev–Trinajstić information content (AvgIpc) is 2.78. The molecule has 0 aliphatic heterocycles. The number of alkyl halides is 2. The largest absolute Gasteiger partial charge is 0.435 e. The summed E-state index contributed by atoms with van der Waals surface area (Å²) in [6.45, 7) is -0.588. The first kappa shape index (κ1) is 24.0. The van der Waals surface area contributed by atoms with Crippen LogP contribution in [-0.4, -0.2) is 12.6 Å². The minimum Gasteiger partial charge on any atom is -0.435 e. The van der Waals surface area contributed by atoms with Gasteiger partial charge in [-0.15, -0.1) is 0 Å². The molecule has 2 fully saturated rings. The zero-order chi connectivity index (χ0) is 22.1. The van der Waals surface area contributed by atoms with E-state index in [2.05, 4.69) is 11.7 Å². The normalized spacial score (nSPS) is 26.6. The number of hydrogen-bond donors (Lipinski definition) is 0. The fourth-order valence-electron chi connectivity index (χ4n) is 5.52. The smallest absolute Gasteiger partial charge is 0.387 e. The summed E-state index contributed by atoms with van der Waals surface area (Å²) >= 11 is 0. The molecule has 0 N–H and O–H groups in total. The maximum Gasteiger partial charge on any atom is 0.387 e. The minimum atomic E-state index is -2.86. The molecule has 2 aliphatic carbocycles. The fraction of sp³-hybridized carbons (Fsp3) is 0.731. The summed E-state index contributed by atoms with van der Waals surface area (Å²) in [4.78, 5) is 12.5. The molecule has 0 heterocycles. The van der Waals surface area contributed by atoms with Gasteiger partial charge in [0.15, 0.2) is 0 Å². The molecule has 5 heteroatoms. The Morgan fingerprint density at radius 2 is 1.45 bits per heavy atom. The lowest BCUT2D eigenvalue weighted by Crippen LogP contribution is -2.30. The highest BCUT2D eigenvalue weighted by Crippen LogP contribution is 2.42. The summed E-state index contributed by atoms with van der Waals surface area (Å²) in [6, 6.07) is 5.79. The Hall–Kier alpha value is -1.65. The van der Waals surface area contributed by atoms with E-state index in [4.69, 9.17) is 4.74 Å². The summed E-state index contributed by atoms with van der Waals surface area (Å²) in [5, 5.41) is 0. The van der Waals surface area contributed by atoms with Crippen LogP contribution in [0.1, 0.15) is 90.4 Å². The van der Waals surface area contributed by atoms with E-state index in [0.29, 0.717) is 5.75 Å². The molecule has 2 saturated carbocycles. The number of esters is 1. The average molecular weight is 437 g/mol. The summed E-state index contributed by atoms with van der Waals surface area (Å²) < 4.78 is 34.3. The van der Waals surface area contributed by atoms with Crippen LogP contribution in [0.4, 0.5) is 8.78 Å². The number of hydrogen-bond acceptors (Lipinski definition) is 3. The Labute approximate surface area is 185 Å². The third-order valence-corrected chi connectivity index (χ3v) is 7.40. The van der Waals surface area contributed by atoms with Crippen molar-refractivity contribution >= 4 is 5.97 Å². The lowest BCUT2D eigenvalue weighted by molar-refractivity contribution is -0.140. The third kappa shape index (κ3) is 7.76. The first-order valence-corrected chi connectivity index (χ1v) is 12.3. The zero-order valence-corrected chi connectivity index (χ0v) is 18.9. The van der Waals surface area contributed by atoms with Crippen LogP contribution in [0.2, 0.25) is 0 Å². The van der Waals surface area contributed by atoms with Crippen LogP contribution in [0.25, 0.3) is 0 Å². The second-order valence-corrected chi connectivity index (χ2v) is 9.51. The number of carbonyl (C=O) groups excluding carboxylic acids is 1. The molecular formula is C26H38F2O3. The van der Waals surface area contributed by atoms with Crippen LogP contribution < -0.4 is 9.47 Å². The molecule has 0 saturated heterocycles. The van der Waals surface area contributed by atoms with Crippen LogP contribution >= 0.6 is 0 Å². The number of rotatable bonds is 10. The third-order valence-electron chi connectivity index (χ3n) is 7.40. The minimum absolute atomic E-state index is 0.0526. The Morgan fingerprint density at radius 3 is 2.03 bits per heavy atom. The van der Waals surface area contributed by atoms with Crippen LogP contribution in [0.3, 0.4) is 0 Å². The monoisotopic (exact) mass is 436 g/mol. The zero-order valence-electron chi connectivity index (χ0n) is 18.9. The quantitative estimate of drug-likeness (QED) is 0.213. The van der Waals surface area contributed by atoms with Gasteiger partial charge in [-0.1, -0.05) is 51.9 Å². The Balaban J connectivity index is 1.35. The molecule has 0 atom stereocenters. The van der Waals surface area contributed by atoms with Crippen LogP contribution in [0, 0.1) is 23.7 Å². The predicted octanol–water partition coefficient (Wildman–Crippen LogP) is 7.78. The molecule has 0 spiro atoms. The molecule has 0 unspecified atom stereocenters. The van der Waals surface area contributed by atoms with Gasteiger partial charge in [-0.25, -0.2) is 0 Å². The first-order chi connectivity index (χ1) is 15.0. The van der Waals surface area contributed by atoms with Crippen LogP contribution in [0.5, 0.6) is 11.5 Å². The number of benzene rings is 1. The predicted molar refractivity (Wildman–Crippen MR) is 118 cm³/mol. The maximum absolute atomic E-state index is 12.5. The molecule has 0 radical (unpaired) electrons. The summed E-state index contributed by atoms with van der Waals surface area (Å²) in [7, 11) is 0. The van der Waals surface area contributed by atoms with Crippen molar-refractivity contribution in [1.82, 2.24) is 0 Å². The molecule has 0 aromatic heterocycles. The van der Waals surface area contributed by atoms with Crippen molar-refractivity contribution in [1.29, 1.82) is 0 Å². The van der Waals surface area contributed by atoms with Gasteiger partial charge in [0.1, 0.15) is 11.5 Å². The topological polar surface area (TPSA) is 35.5 Å². The van der Waals surface area contributed by atoms with Gasteiger partial charge in [0.25, 0.3) is 0 Å². The second kappa shape index (κ2) is 12.4. The van der Waals surface area contributed by atoms with E-state index < -0.39 is 6.61 Å². The number of ether oxygens (including phenoxy) is 2. The molecule has 1 aromatic rings. The molecular weight excluding hydrogens is 398 g/mol. The molecule has 3 nitrogen and oxygen atoms in total. The Kier molecular flexibility index (Phi) is 9.60. The first-order valence-electron chi connectivity index (χ1n) is 12.3. The van der Waals surface area contributed by atoms with Gasteiger partial charge in [0.05, 0.1) is 5.92 Å². The highest BCUT2D eigenvalue weighted by molar-refractivity contribution is 5.75. The lowest BCUT2D eigenvalue weighted by Gasteiger charge is -2.37. The SMILES string of the molecule is CCCCCC[C@H]1CC[C@H]([C@H]2CC[C@H](C(=O)Oc3ccc(OC(F)F)cc3)CC2)CC1. The van der Waals surface area contributed by atoms with Crippen LogP contribution in [0.15, 0.2) is 24.3 Å². The summed E-state index contributed by atoms with van der Waals surface area (Å²) in [5.74, 6) is 2.73.